The molecule has 1 aromatic carbocycles. The first-order chi connectivity index (χ1) is 9.67. The fraction of sp³-hybridized carbons (Fsp3) is 0.533. The van der Waals surface area contributed by atoms with Crippen LogP contribution in [0.5, 0.6) is 0 Å². The van der Waals surface area contributed by atoms with Gasteiger partial charge < -0.3 is 10.4 Å². The van der Waals surface area contributed by atoms with Gasteiger partial charge in [0.15, 0.2) is 4.34 Å². The number of thioether (sulfide) groups is 1. The molecule has 0 bridgehead atoms. The largest absolute Gasteiger partial charge is 0.394 e. The van der Waals surface area contributed by atoms with Crippen LogP contribution in [0.3, 0.4) is 0 Å². The van der Waals surface area contributed by atoms with Crippen molar-refractivity contribution in [1.29, 1.82) is 0 Å². The van der Waals surface area contributed by atoms with Crippen molar-refractivity contribution >= 4 is 33.3 Å². The molecule has 0 fully saturated rings. The molecule has 0 radical (unpaired) electrons. The number of thiazole rings is 1. The van der Waals surface area contributed by atoms with Crippen LogP contribution in [-0.4, -0.2) is 34.5 Å². The van der Waals surface area contributed by atoms with E-state index in [-0.39, 0.29) is 12.1 Å². The molecule has 2 rings (SSSR count). The summed E-state index contributed by atoms with van der Waals surface area (Å²) in [6, 6.07) is 8.26. The Balaban J connectivity index is 1.81. The topological polar surface area (TPSA) is 45.1 Å². The number of aromatic nitrogens is 1. The lowest BCUT2D eigenvalue weighted by atomic mass is 9.97. The maximum Gasteiger partial charge on any atom is 0.151 e. The van der Waals surface area contributed by atoms with E-state index >= 15 is 0 Å². The first-order valence-electron chi connectivity index (χ1n) is 7.01. The minimum absolute atomic E-state index is 0.150. The second kappa shape index (κ2) is 7.41. The standard InChI is InChI=1S/C15H22N2OS2/c1-3-16-15(2,11-18)9-6-10-19-14-17-12-7-4-5-8-13(12)20-14/h4-5,7-8,16,18H,3,6,9-11H2,1-2H3. The Bertz CT molecular complexity index is 510. The predicted molar refractivity (Wildman–Crippen MR) is 88.7 cm³/mol. The molecule has 1 atom stereocenters. The van der Waals surface area contributed by atoms with Gasteiger partial charge in [0.25, 0.3) is 0 Å². The summed E-state index contributed by atoms with van der Waals surface area (Å²) in [5.41, 5.74) is 0.941. The van der Waals surface area contributed by atoms with Crippen LogP contribution in [0.15, 0.2) is 28.6 Å². The van der Waals surface area contributed by atoms with Gasteiger partial charge in [-0.05, 0) is 38.4 Å². The van der Waals surface area contributed by atoms with E-state index in [0.29, 0.717) is 0 Å². The number of aliphatic hydroxyl groups is 1. The van der Waals surface area contributed by atoms with Crippen LogP contribution in [0.2, 0.25) is 0 Å². The zero-order chi connectivity index (χ0) is 14.4. The number of para-hydroxylation sites is 1. The average Bonchev–Trinajstić information content (AvgIpc) is 2.87. The molecule has 0 saturated heterocycles. The summed E-state index contributed by atoms with van der Waals surface area (Å²) < 4.78 is 2.39. The molecule has 3 nitrogen and oxygen atoms in total. The van der Waals surface area contributed by atoms with Crippen molar-refractivity contribution in [2.75, 3.05) is 18.9 Å². The molecule has 1 unspecified atom stereocenters. The number of nitrogens with one attached hydrogen (secondary N) is 1. The minimum atomic E-state index is -0.150. The quantitative estimate of drug-likeness (QED) is 0.578. The Hall–Kier alpha value is -0.620. The van der Waals surface area contributed by atoms with Crippen molar-refractivity contribution in [2.24, 2.45) is 0 Å². The Morgan fingerprint density at radius 3 is 2.90 bits per heavy atom. The molecule has 2 N–H and O–H groups in total. The van der Waals surface area contributed by atoms with E-state index in [4.69, 9.17) is 0 Å². The number of hydrogen-bond acceptors (Lipinski definition) is 5. The number of hydrogen-bond donors (Lipinski definition) is 2. The molecule has 5 heteroatoms. The van der Waals surface area contributed by atoms with Gasteiger partial charge in [-0.1, -0.05) is 30.8 Å². The number of nitrogens with zero attached hydrogens (tertiary/aromatic N) is 1. The van der Waals surface area contributed by atoms with Crippen molar-refractivity contribution in [3.05, 3.63) is 24.3 Å². The van der Waals surface area contributed by atoms with E-state index in [1.807, 2.05) is 17.8 Å². The lowest BCUT2D eigenvalue weighted by molar-refractivity contribution is 0.167. The number of benzene rings is 1. The first kappa shape index (κ1) is 15.8. The summed E-state index contributed by atoms with van der Waals surface area (Å²) in [6.45, 7) is 5.23. The van der Waals surface area contributed by atoms with E-state index in [1.54, 1.807) is 11.3 Å². The van der Waals surface area contributed by atoms with Crippen LogP contribution >= 0.6 is 23.1 Å². The molecule has 1 aromatic heterocycles. The summed E-state index contributed by atoms with van der Waals surface area (Å²) in [4.78, 5) is 4.62. The molecule has 0 spiro atoms. The Morgan fingerprint density at radius 1 is 1.40 bits per heavy atom. The Kier molecular flexibility index (Phi) is 5.84. The van der Waals surface area contributed by atoms with E-state index < -0.39 is 0 Å². The van der Waals surface area contributed by atoms with Crippen LogP contribution in [-0.2, 0) is 0 Å². The smallest absolute Gasteiger partial charge is 0.151 e. The molecule has 0 aliphatic rings. The van der Waals surface area contributed by atoms with Gasteiger partial charge in [-0.3, -0.25) is 0 Å². The third-order valence-electron chi connectivity index (χ3n) is 3.33. The molecule has 20 heavy (non-hydrogen) atoms. The van der Waals surface area contributed by atoms with Crippen LogP contribution in [0.1, 0.15) is 26.7 Å². The van der Waals surface area contributed by atoms with E-state index in [0.717, 1.165) is 35.0 Å². The molecular weight excluding hydrogens is 288 g/mol. The molecule has 0 aliphatic heterocycles. The Morgan fingerprint density at radius 2 is 2.20 bits per heavy atom. The van der Waals surface area contributed by atoms with Gasteiger partial charge in [-0.2, -0.15) is 0 Å². The zero-order valence-electron chi connectivity index (χ0n) is 12.1. The maximum atomic E-state index is 9.45. The average molecular weight is 310 g/mol. The molecule has 0 amide bonds. The van der Waals surface area contributed by atoms with Crippen LogP contribution in [0.4, 0.5) is 0 Å². The third-order valence-corrected chi connectivity index (χ3v) is 5.59. The minimum Gasteiger partial charge on any atom is -0.394 e. The predicted octanol–water partition coefficient (Wildman–Crippen LogP) is 3.53. The molecular formula is C15H22N2OS2. The third kappa shape index (κ3) is 4.19. The van der Waals surface area contributed by atoms with Crippen LogP contribution < -0.4 is 5.32 Å². The van der Waals surface area contributed by atoms with Gasteiger partial charge in [0, 0.05) is 11.3 Å². The number of aliphatic hydroxyl groups excluding tert-OH is 1. The van der Waals surface area contributed by atoms with Crippen molar-refractivity contribution < 1.29 is 5.11 Å². The highest BCUT2D eigenvalue weighted by Gasteiger charge is 2.20. The van der Waals surface area contributed by atoms with Crippen molar-refractivity contribution in [3.8, 4) is 0 Å². The number of rotatable bonds is 8. The normalized spacial score (nSPS) is 14.6. The summed E-state index contributed by atoms with van der Waals surface area (Å²) in [6.07, 6.45) is 2.06. The molecule has 0 saturated carbocycles. The van der Waals surface area contributed by atoms with E-state index in [9.17, 15) is 5.11 Å². The highest BCUT2D eigenvalue weighted by molar-refractivity contribution is 8.01. The Labute approximate surface area is 128 Å². The fourth-order valence-electron chi connectivity index (χ4n) is 2.18. The highest BCUT2D eigenvalue weighted by Crippen LogP contribution is 2.30. The molecule has 2 aromatic rings. The lowest BCUT2D eigenvalue weighted by Crippen LogP contribution is -2.45. The zero-order valence-corrected chi connectivity index (χ0v) is 13.7. The van der Waals surface area contributed by atoms with Gasteiger partial charge in [-0.15, -0.1) is 11.3 Å². The van der Waals surface area contributed by atoms with Gasteiger partial charge in [0.2, 0.25) is 0 Å². The second-order valence-corrected chi connectivity index (χ2v) is 7.52. The number of fused-ring (bicyclic) bond motifs is 1. The molecule has 110 valence electrons. The summed E-state index contributed by atoms with van der Waals surface area (Å²) >= 11 is 3.57. The maximum absolute atomic E-state index is 9.45. The van der Waals surface area contributed by atoms with Crippen molar-refractivity contribution in [1.82, 2.24) is 10.3 Å². The van der Waals surface area contributed by atoms with Crippen molar-refractivity contribution in [2.45, 2.75) is 36.6 Å². The second-order valence-electron chi connectivity index (χ2n) is 5.15. The van der Waals surface area contributed by atoms with Crippen LogP contribution in [0.25, 0.3) is 10.2 Å². The summed E-state index contributed by atoms with van der Waals surface area (Å²) in [5, 5.41) is 12.8. The molecule has 1 heterocycles. The number of likely N-dealkylation sites (N-methyl/N-ethyl adjacent to an activating group) is 1. The van der Waals surface area contributed by atoms with Gasteiger partial charge in [0.1, 0.15) is 0 Å². The van der Waals surface area contributed by atoms with Crippen molar-refractivity contribution in [3.63, 3.8) is 0 Å². The SMILES string of the molecule is CCNC(C)(CO)CCCSc1nc2ccccc2s1. The summed E-state index contributed by atoms with van der Waals surface area (Å²) in [7, 11) is 0. The summed E-state index contributed by atoms with van der Waals surface area (Å²) in [5.74, 6) is 1.04. The van der Waals surface area contributed by atoms with Crippen LogP contribution in [0, 0.1) is 0 Å². The fourth-order valence-corrected chi connectivity index (χ4v) is 4.26. The van der Waals surface area contributed by atoms with Gasteiger partial charge >= 0.3 is 0 Å². The van der Waals surface area contributed by atoms with E-state index in [1.165, 1.54) is 4.70 Å². The van der Waals surface area contributed by atoms with E-state index in [2.05, 4.69) is 42.3 Å². The van der Waals surface area contributed by atoms with Gasteiger partial charge in [0.05, 0.1) is 16.8 Å². The monoisotopic (exact) mass is 310 g/mol. The highest BCUT2D eigenvalue weighted by atomic mass is 32.2. The lowest BCUT2D eigenvalue weighted by Gasteiger charge is -2.28. The first-order valence-corrected chi connectivity index (χ1v) is 8.81. The van der Waals surface area contributed by atoms with Gasteiger partial charge in [-0.25, -0.2) is 4.98 Å². The molecule has 0 aliphatic carbocycles.